The smallest absolute Gasteiger partial charge is 0.354 e. The van der Waals surface area contributed by atoms with Gasteiger partial charge in [0.05, 0.1) is 17.1 Å². The summed E-state index contributed by atoms with van der Waals surface area (Å²) < 4.78 is 3.14. The lowest BCUT2D eigenvalue weighted by Crippen LogP contribution is -2.09. The fourth-order valence-electron chi connectivity index (χ4n) is 2.81. The van der Waals surface area contributed by atoms with Gasteiger partial charge in [0.1, 0.15) is 0 Å². The molecule has 0 aliphatic carbocycles. The number of nitrogens with zero attached hydrogens (tertiary/aromatic N) is 5. The van der Waals surface area contributed by atoms with Crippen LogP contribution in [0.3, 0.4) is 0 Å². The first-order valence-electron chi connectivity index (χ1n) is 7.89. The summed E-state index contributed by atoms with van der Waals surface area (Å²) in [4.78, 5) is 16.3. The minimum absolute atomic E-state index is 0.0611. The highest BCUT2D eigenvalue weighted by Crippen LogP contribution is 2.23. The molecule has 0 radical (unpaired) electrons. The van der Waals surface area contributed by atoms with Gasteiger partial charge in [-0.05, 0) is 19.1 Å². The van der Waals surface area contributed by atoms with Crippen molar-refractivity contribution in [2.75, 3.05) is 0 Å². The second-order valence-electron chi connectivity index (χ2n) is 5.53. The number of hydrogen-bond acceptors (Lipinski definition) is 4. The van der Waals surface area contributed by atoms with E-state index in [0.29, 0.717) is 23.6 Å². The summed E-state index contributed by atoms with van der Waals surface area (Å²) in [6.07, 6.45) is 1.68. The largest absolute Gasteiger partial charge is 0.477 e. The standard InChI is InChI=1S/C18H15N5O2/c1-2-22-15(8-9-19-22)14-10-16(18(24)25)23-17(20-14)11-13(21-23)12-6-4-3-5-7-12/h3-11H,2H2,1H3,(H,24,25). The van der Waals surface area contributed by atoms with Crippen LogP contribution in [0.1, 0.15) is 17.4 Å². The van der Waals surface area contributed by atoms with Crippen molar-refractivity contribution in [3.8, 4) is 22.6 Å². The first kappa shape index (κ1) is 15.1. The topological polar surface area (TPSA) is 85.3 Å². The van der Waals surface area contributed by atoms with Crippen molar-refractivity contribution in [1.29, 1.82) is 0 Å². The molecule has 0 saturated carbocycles. The molecule has 0 aliphatic heterocycles. The summed E-state index contributed by atoms with van der Waals surface area (Å²) in [5.74, 6) is -1.06. The number of fused-ring (bicyclic) bond motifs is 1. The van der Waals surface area contributed by atoms with Gasteiger partial charge in [-0.3, -0.25) is 4.68 Å². The monoisotopic (exact) mass is 333 g/mol. The van der Waals surface area contributed by atoms with Crippen molar-refractivity contribution in [2.45, 2.75) is 13.5 Å². The quantitative estimate of drug-likeness (QED) is 0.620. The van der Waals surface area contributed by atoms with Gasteiger partial charge in [0.15, 0.2) is 11.3 Å². The normalized spacial score (nSPS) is 11.1. The molecule has 25 heavy (non-hydrogen) atoms. The molecule has 1 N–H and O–H groups in total. The fraction of sp³-hybridized carbons (Fsp3) is 0.111. The zero-order chi connectivity index (χ0) is 17.4. The molecule has 0 atom stereocenters. The predicted octanol–water partition coefficient (Wildman–Crippen LogP) is 2.98. The third kappa shape index (κ3) is 2.55. The molecular formula is C18H15N5O2. The molecular weight excluding hydrogens is 318 g/mol. The van der Waals surface area contributed by atoms with Gasteiger partial charge >= 0.3 is 5.97 Å². The van der Waals surface area contributed by atoms with Crippen LogP contribution >= 0.6 is 0 Å². The van der Waals surface area contributed by atoms with E-state index in [-0.39, 0.29) is 5.69 Å². The number of carboxylic acids is 1. The zero-order valence-corrected chi connectivity index (χ0v) is 13.5. The van der Waals surface area contributed by atoms with E-state index in [4.69, 9.17) is 0 Å². The van der Waals surface area contributed by atoms with Crippen molar-refractivity contribution >= 4 is 11.6 Å². The van der Waals surface area contributed by atoms with E-state index >= 15 is 0 Å². The van der Waals surface area contributed by atoms with Crippen LogP contribution in [-0.2, 0) is 6.54 Å². The number of rotatable bonds is 4. The Kier molecular flexibility index (Phi) is 3.53. The van der Waals surface area contributed by atoms with Gasteiger partial charge in [-0.2, -0.15) is 10.2 Å². The van der Waals surface area contributed by atoms with E-state index in [1.165, 1.54) is 10.6 Å². The first-order valence-corrected chi connectivity index (χ1v) is 7.89. The van der Waals surface area contributed by atoms with Gasteiger partial charge in [-0.15, -0.1) is 0 Å². The highest BCUT2D eigenvalue weighted by Gasteiger charge is 2.17. The van der Waals surface area contributed by atoms with Crippen molar-refractivity contribution in [1.82, 2.24) is 24.4 Å². The maximum atomic E-state index is 11.7. The maximum absolute atomic E-state index is 11.7. The van der Waals surface area contributed by atoms with Gasteiger partial charge in [0, 0.05) is 24.4 Å². The van der Waals surface area contributed by atoms with Gasteiger partial charge < -0.3 is 5.11 Å². The van der Waals surface area contributed by atoms with Crippen LogP contribution in [-0.4, -0.2) is 35.5 Å². The van der Waals surface area contributed by atoms with Crippen LogP contribution < -0.4 is 0 Å². The Bertz CT molecular complexity index is 1070. The SMILES string of the molecule is CCn1nccc1-c1cc(C(=O)O)n2nc(-c3ccccc3)cc2n1. The Hall–Kier alpha value is -3.48. The third-order valence-corrected chi connectivity index (χ3v) is 3.99. The van der Waals surface area contributed by atoms with Crippen LogP contribution in [0, 0.1) is 0 Å². The molecule has 0 unspecified atom stereocenters. The van der Waals surface area contributed by atoms with Gasteiger partial charge in [0.25, 0.3) is 0 Å². The fourth-order valence-corrected chi connectivity index (χ4v) is 2.81. The lowest BCUT2D eigenvalue weighted by molar-refractivity contribution is 0.0687. The molecule has 4 aromatic rings. The van der Waals surface area contributed by atoms with E-state index in [2.05, 4.69) is 15.2 Å². The minimum Gasteiger partial charge on any atom is -0.477 e. The molecule has 3 aromatic heterocycles. The number of carbonyl (C=O) groups is 1. The lowest BCUT2D eigenvalue weighted by atomic mass is 10.2. The Morgan fingerprint density at radius 2 is 1.92 bits per heavy atom. The minimum atomic E-state index is -1.06. The summed E-state index contributed by atoms with van der Waals surface area (Å²) in [6, 6.07) is 14.7. The number of aromatic nitrogens is 5. The molecule has 0 bridgehead atoms. The van der Waals surface area contributed by atoms with E-state index in [1.54, 1.807) is 16.9 Å². The van der Waals surface area contributed by atoms with Crippen LogP contribution in [0.5, 0.6) is 0 Å². The number of hydrogen-bond donors (Lipinski definition) is 1. The molecule has 3 heterocycles. The summed E-state index contributed by atoms with van der Waals surface area (Å²) in [5, 5.41) is 18.2. The average molecular weight is 333 g/mol. The highest BCUT2D eigenvalue weighted by molar-refractivity contribution is 5.88. The third-order valence-electron chi connectivity index (χ3n) is 3.99. The number of aryl methyl sites for hydroxylation is 1. The van der Waals surface area contributed by atoms with Crippen LogP contribution in [0.2, 0.25) is 0 Å². The lowest BCUT2D eigenvalue weighted by Gasteiger charge is -2.06. The maximum Gasteiger partial charge on any atom is 0.354 e. The molecule has 7 nitrogen and oxygen atoms in total. The average Bonchev–Trinajstić information content (AvgIpc) is 3.27. The molecule has 0 fully saturated rings. The number of carboxylic acid groups (broad SMARTS) is 1. The van der Waals surface area contributed by atoms with Crippen molar-refractivity contribution in [3.63, 3.8) is 0 Å². The van der Waals surface area contributed by atoms with Crippen molar-refractivity contribution < 1.29 is 9.90 Å². The molecule has 0 aliphatic rings. The van der Waals surface area contributed by atoms with Gasteiger partial charge in [-0.1, -0.05) is 30.3 Å². The van der Waals surface area contributed by atoms with Crippen LogP contribution in [0.25, 0.3) is 28.3 Å². The Labute approximate surface area is 143 Å². The highest BCUT2D eigenvalue weighted by atomic mass is 16.4. The van der Waals surface area contributed by atoms with E-state index < -0.39 is 5.97 Å². The predicted molar refractivity (Wildman–Crippen MR) is 92.3 cm³/mol. The Morgan fingerprint density at radius 3 is 2.64 bits per heavy atom. The Balaban J connectivity index is 1.95. The molecule has 0 amide bonds. The molecule has 7 heteroatoms. The number of aromatic carboxylic acids is 1. The molecule has 0 spiro atoms. The summed E-state index contributed by atoms with van der Waals surface area (Å²) in [5.41, 5.74) is 3.46. The second-order valence-corrected chi connectivity index (χ2v) is 5.53. The number of benzene rings is 1. The second kappa shape index (κ2) is 5.86. The molecule has 124 valence electrons. The summed E-state index contributed by atoms with van der Waals surface area (Å²) in [6.45, 7) is 2.64. The van der Waals surface area contributed by atoms with Crippen LogP contribution in [0.15, 0.2) is 54.7 Å². The molecule has 4 rings (SSSR count). The van der Waals surface area contributed by atoms with Gasteiger partial charge in [0.2, 0.25) is 0 Å². The van der Waals surface area contributed by atoms with E-state index in [0.717, 1.165) is 11.3 Å². The van der Waals surface area contributed by atoms with Crippen LogP contribution in [0.4, 0.5) is 0 Å². The first-order chi connectivity index (χ1) is 12.2. The summed E-state index contributed by atoms with van der Waals surface area (Å²) in [7, 11) is 0. The van der Waals surface area contributed by atoms with E-state index in [1.807, 2.05) is 43.3 Å². The molecule has 1 aromatic carbocycles. The van der Waals surface area contributed by atoms with Crippen molar-refractivity contribution in [2.24, 2.45) is 0 Å². The van der Waals surface area contributed by atoms with Crippen molar-refractivity contribution in [3.05, 3.63) is 60.4 Å². The molecule has 0 saturated heterocycles. The Morgan fingerprint density at radius 1 is 1.12 bits per heavy atom. The zero-order valence-electron chi connectivity index (χ0n) is 13.5. The van der Waals surface area contributed by atoms with E-state index in [9.17, 15) is 9.90 Å². The summed E-state index contributed by atoms with van der Waals surface area (Å²) >= 11 is 0. The van der Waals surface area contributed by atoms with Gasteiger partial charge in [-0.25, -0.2) is 14.3 Å².